The maximum absolute atomic E-state index is 11.7. The molecule has 2 aliphatic heterocycles. The number of hydrogen-bond acceptors (Lipinski definition) is 12. The molecule has 6 N–H and O–H groups in total. The maximum atomic E-state index is 11.7. The van der Waals surface area contributed by atoms with Crippen LogP contribution in [0.15, 0.2) is 36.5 Å². The fourth-order valence-corrected chi connectivity index (χ4v) is 4.42. The number of thioether (sulfide) groups is 1. The van der Waals surface area contributed by atoms with E-state index in [9.17, 15) is 29.4 Å². The molecular formula is C19H22IN5O10S. The first kappa shape index (κ1) is 28.3. The zero-order valence-corrected chi connectivity index (χ0v) is 21.3. The van der Waals surface area contributed by atoms with Crippen molar-refractivity contribution >= 4 is 34.4 Å². The lowest BCUT2D eigenvalue weighted by molar-refractivity contribution is -0.0461. The number of H-pyrrole nitrogens is 2. The number of rotatable bonds is 5. The molecule has 2 aromatic rings. The van der Waals surface area contributed by atoms with E-state index in [-0.39, 0.29) is 31.0 Å². The normalized spacial score (nSPS) is 27.3. The summed E-state index contributed by atoms with van der Waals surface area (Å²) in [5.74, 6) is 0. The number of halogens is 1. The summed E-state index contributed by atoms with van der Waals surface area (Å²) in [6.07, 6.45) is -1.71. The molecule has 2 aromatic heterocycles. The van der Waals surface area contributed by atoms with Gasteiger partial charge in [0, 0.05) is 25.2 Å². The number of aliphatic hydroxyl groups is 4. The maximum Gasteiger partial charge on any atom is 0.330 e. The standard InChI is InChI=1S/C10H11N3O5S.C9H11IN2O5/c11-4-19-7-2-13(10(17)12-9(7)16)8-1-5(15)6(3-14)18-8;10-4-2-12(9(16)11-8(4)15)7-1-5(14)6(3-13)17-7/h2,5-6,8,14-15H,1,3H2,(H,12,16,17);2,5-7,13-14H,1,3H2,(H,11,15,16)/t5-,6+,8+;5-,6+,7+/m00/s1. The Bertz CT molecular complexity index is 1350. The van der Waals surface area contributed by atoms with E-state index in [1.807, 2.05) is 0 Å². The summed E-state index contributed by atoms with van der Waals surface area (Å²) in [7, 11) is 0. The van der Waals surface area contributed by atoms with Gasteiger partial charge in [0.05, 0.1) is 29.0 Å². The van der Waals surface area contributed by atoms with Gasteiger partial charge in [0.25, 0.3) is 11.1 Å². The summed E-state index contributed by atoms with van der Waals surface area (Å²) in [5.41, 5.74) is -2.39. The Morgan fingerprint density at radius 3 is 1.86 bits per heavy atom. The molecule has 0 saturated carbocycles. The van der Waals surface area contributed by atoms with Crippen molar-refractivity contribution < 1.29 is 29.9 Å². The van der Waals surface area contributed by atoms with Gasteiger partial charge in [-0.05, 0) is 34.4 Å². The Hall–Kier alpha value is -2.31. The number of aromatic amines is 2. The molecule has 0 unspecified atom stereocenters. The lowest BCUT2D eigenvalue weighted by Gasteiger charge is -2.14. The number of aliphatic hydroxyl groups excluding tert-OH is 4. The molecule has 196 valence electrons. The molecule has 17 heteroatoms. The first-order valence-corrected chi connectivity index (χ1v) is 12.3. The van der Waals surface area contributed by atoms with Crippen LogP contribution >= 0.6 is 34.4 Å². The van der Waals surface area contributed by atoms with Gasteiger partial charge in [-0.15, -0.1) is 0 Å². The van der Waals surface area contributed by atoms with Crippen molar-refractivity contribution in [1.29, 1.82) is 5.26 Å². The predicted molar refractivity (Wildman–Crippen MR) is 130 cm³/mol. The van der Waals surface area contributed by atoms with Crippen LogP contribution in [0.25, 0.3) is 0 Å². The van der Waals surface area contributed by atoms with Crippen molar-refractivity contribution in [3.05, 3.63) is 57.6 Å². The van der Waals surface area contributed by atoms with Crippen molar-refractivity contribution in [2.75, 3.05) is 13.2 Å². The van der Waals surface area contributed by atoms with Crippen molar-refractivity contribution in [3.63, 3.8) is 0 Å². The van der Waals surface area contributed by atoms with Crippen LogP contribution in [-0.2, 0) is 9.47 Å². The molecule has 6 atom stereocenters. The van der Waals surface area contributed by atoms with E-state index in [2.05, 4.69) is 9.97 Å². The minimum Gasteiger partial charge on any atom is -0.394 e. The fraction of sp³-hybridized carbons (Fsp3) is 0.526. The number of thiocyanates is 1. The molecular weight excluding hydrogens is 617 g/mol. The van der Waals surface area contributed by atoms with Crippen LogP contribution in [0.2, 0.25) is 0 Å². The highest BCUT2D eigenvalue weighted by molar-refractivity contribution is 14.1. The van der Waals surface area contributed by atoms with Crippen molar-refractivity contribution in [2.45, 2.75) is 54.6 Å². The van der Waals surface area contributed by atoms with E-state index in [0.29, 0.717) is 15.3 Å². The van der Waals surface area contributed by atoms with Crippen LogP contribution in [0.3, 0.4) is 0 Å². The zero-order chi connectivity index (χ0) is 26.6. The molecule has 0 spiro atoms. The van der Waals surface area contributed by atoms with Gasteiger partial charge in [0.15, 0.2) is 0 Å². The first-order chi connectivity index (χ1) is 17.1. The Balaban J connectivity index is 0.000000202. The minimum absolute atomic E-state index is 0.0626. The van der Waals surface area contributed by atoms with Crippen molar-refractivity contribution in [2.24, 2.45) is 0 Å². The van der Waals surface area contributed by atoms with E-state index in [0.717, 1.165) is 4.57 Å². The Kier molecular flexibility index (Phi) is 9.65. The topological polar surface area (TPSA) is 233 Å². The fourth-order valence-electron chi connectivity index (χ4n) is 3.58. The average molecular weight is 639 g/mol. The second kappa shape index (κ2) is 12.3. The molecule has 0 bridgehead atoms. The van der Waals surface area contributed by atoms with Gasteiger partial charge in [-0.2, -0.15) is 5.26 Å². The third-order valence-electron chi connectivity index (χ3n) is 5.40. The van der Waals surface area contributed by atoms with Crippen LogP contribution in [0, 0.1) is 14.2 Å². The molecule has 4 rings (SSSR count). The molecule has 0 aliphatic carbocycles. The second-order valence-electron chi connectivity index (χ2n) is 7.73. The number of hydrogen-bond donors (Lipinski definition) is 6. The molecule has 15 nitrogen and oxygen atoms in total. The number of nitrogens with zero attached hydrogens (tertiary/aromatic N) is 3. The summed E-state index contributed by atoms with van der Waals surface area (Å²) in [5, 5.41) is 47.4. The smallest absolute Gasteiger partial charge is 0.330 e. The average Bonchev–Trinajstić information content (AvgIpc) is 3.40. The molecule has 2 fully saturated rings. The molecule has 36 heavy (non-hydrogen) atoms. The highest BCUT2D eigenvalue weighted by atomic mass is 127. The molecule has 4 heterocycles. The third kappa shape index (κ3) is 6.33. The van der Waals surface area contributed by atoms with E-state index >= 15 is 0 Å². The van der Waals surface area contributed by atoms with E-state index < -0.39 is 59.4 Å². The molecule has 2 aliphatic rings. The van der Waals surface area contributed by atoms with Gasteiger partial charge in [-0.1, -0.05) is 0 Å². The van der Waals surface area contributed by atoms with Crippen LogP contribution in [0.1, 0.15) is 25.3 Å². The van der Waals surface area contributed by atoms with Gasteiger partial charge >= 0.3 is 11.4 Å². The van der Waals surface area contributed by atoms with Crippen molar-refractivity contribution in [1.82, 2.24) is 19.1 Å². The SMILES string of the molecule is N#CSc1cn([C@H]2C[C@H](O)[C@@H](CO)O2)c(=O)[nH]c1=O.O=c1[nH]c(=O)n([C@H]2C[C@H](O)[C@@H](CO)O2)cc1I. The largest absolute Gasteiger partial charge is 0.394 e. The molecule has 0 radical (unpaired) electrons. The zero-order valence-electron chi connectivity index (χ0n) is 18.3. The summed E-state index contributed by atoms with van der Waals surface area (Å²) in [4.78, 5) is 50.1. The predicted octanol–water partition coefficient (Wildman–Crippen LogP) is -2.47. The van der Waals surface area contributed by atoms with E-state index in [1.54, 1.807) is 28.0 Å². The number of aromatic nitrogens is 4. The Morgan fingerprint density at radius 1 is 0.944 bits per heavy atom. The summed E-state index contributed by atoms with van der Waals surface area (Å²) >= 11 is 2.43. The van der Waals surface area contributed by atoms with Crippen LogP contribution < -0.4 is 22.5 Å². The minimum atomic E-state index is -0.888. The first-order valence-electron chi connectivity index (χ1n) is 10.4. The summed E-state index contributed by atoms with van der Waals surface area (Å²) < 4.78 is 13.3. The highest BCUT2D eigenvalue weighted by Crippen LogP contribution is 2.28. The van der Waals surface area contributed by atoms with Gasteiger partial charge in [-0.3, -0.25) is 28.7 Å². The second-order valence-corrected chi connectivity index (χ2v) is 9.72. The molecule has 0 aromatic carbocycles. The van der Waals surface area contributed by atoms with Gasteiger partial charge in [0.1, 0.15) is 35.0 Å². The Morgan fingerprint density at radius 2 is 1.42 bits per heavy atom. The van der Waals surface area contributed by atoms with Crippen LogP contribution in [-0.4, -0.2) is 77.2 Å². The van der Waals surface area contributed by atoms with E-state index in [1.165, 1.54) is 17.0 Å². The van der Waals surface area contributed by atoms with Crippen LogP contribution in [0.5, 0.6) is 0 Å². The van der Waals surface area contributed by atoms with Gasteiger partial charge in [-0.25, -0.2) is 9.59 Å². The third-order valence-corrected chi connectivity index (χ3v) is 6.77. The number of nitriles is 1. The summed E-state index contributed by atoms with van der Waals surface area (Å²) in [6, 6.07) is 0. The monoisotopic (exact) mass is 639 g/mol. The number of ether oxygens (including phenoxy) is 2. The highest BCUT2D eigenvalue weighted by Gasteiger charge is 2.36. The summed E-state index contributed by atoms with van der Waals surface area (Å²) in [6.45, 7) is -0.678. The van der Waals surface area contributed by atoms with Gasteiger partial charge in [0.2, 0.25) is 0 Å². The van der Waals surface area contributed by atoms with Crippen LogP contribution in [0.4, 0.5) is 0 Å². The molecule has 0 amide bonds. The van der Waals surface area contributed by atoms with E-state index in [4.69, 9.17) is 24.9 Å². The lowest BCUT2D eigenvalue weighted by Crippen LogP contribution is -2.33. The quantitative estimate of drug-likeness (QED) is 0.114. The Labute approximate surface area is 219 Å². The van der Waals surface area contributed by atoms with Gasteiger partial charge < -0.3 is 29.9 Å². The van der Waals surface area contributed by atoms with Crippen molar-refractivity contribution in [3.8, 4) is 5.40 Å². The lowest BCUT2D eigenvalue weighted by atomic mass is 10.2. The number of nitrogens with one attached hydrogen (secondary N) is 2. The molecule has 2 saturated heterocycles.